The molecule has 3 aromatic rings. The minimum atomic E-state index is -0.707. The number of fused-ring (bicyclic) bond motifs is 1. The Hall–Kier alpha value is -4.60. The Morgan fingerprint density at radius 2 is 1.70 bits per heavy atom. The predicted molar refractivity (Wildman–Crippen MR) is 102 cm³/mol. The number of ether oxygens (including phenoxy) is 1. The van der Waals surface area contributed by atoms with Crippen molar-refractivity contribution in [2.24, 2.45) is 0 Å². The highest BCUT2D eigenvalue weighted by Gasteiger charge is 2.37. The summed E-state index contributed by atoms with van der Waals surface area (Å²) in [7, 11) is 0. The van der Waals surface area contributed by atoms with Crippen LogP contribution in [0, 0.1) is 10.1 Å². The number of nitro groups is 1. The van der Waals surface area contributed by atoms with Crippen LogP contribution in [0.5, 0.6) is 11.5 Å². The van der Waals surface area contributed by atoms with E-state index in [0.717, 1.165) is 0 Å². The van der Waals surface area contributed by atoms with Crippen molar-refractivity contribution in [2.75, 3.05) is 0 Å². The predicted octanol–water partition coefficient (Wildman–Crippen LogP) is 2.72. The maximum absolute atomic E-state index is 12.6. The molecule has 1 aromatic heterocycles. The van der Waals surface area contributed by atoms with E-state index >= 15 is 0 Å². The molecule has 0 radical (unpaired) electrons. The van der Waals surface area contributed by atoms with E-state index in [1.54, 1.807) is 6.07 Å². The van der Waals surface area contributed by atoms with Crippen LogP contribution in [0.1, 0.15) is 31.1 Å². The fraction of sp³-hybridized carbons (Fsp3) is 0. The third-order valence-corrected chi connectivity index (χ3v) is 4.28. The van der Waals surface area contributed by atoms with Gasteiger partial charge in [0.15, 0.2) is 0 Å². The lowest BCUT2D eigenvalue weighted by molar-refractivity contribution is -0.384. The molecule has 1 N–H and O–H groups in total. The maximum Gasteiger partial charge on any atom is 0.280 e. The number of hydrazine groups is 1. The molecule has 1 aliphatic rings. The molecule has 0 atom stereocenters. The van der Waals surface area contributed by atoms with Crippen molar-refractivity contribution in [1.29, 1.82) is 0 Å². The number of hydrogen-bond donors (Lipinski definition) is 1. The summed E-state index contributed by atoms with van der Waals surface area (Å²) in [5.41, 5.74) is 2.56. The van der Waals surface area contributed by atoms with Gasteiger partial charge in [-0.15, -0.1) is 0 Å². The first-order valence-corrected chi connectivity index (χ1v) is 8.60. The summed E-state index contributed by atoms with van der Waals surface area (Å²) in [5, 5.41) is 11.4. The first kappa shape index (κ1) is 18.7. The standard InChI is InChI=1S/C20H12N4O6/c25-18(12-2-1-9-21-11-12)22-23-19(26)16-8-7-15(10-17(16)20(23)27)30-14-5-3-13(4-6-14)24(28)29/h1-11H,(H,22,25). The zero-order valence-electron chi connectivity index (χ0n) is 15.1. The quantitative estimate of drug-likeness (QED) is 0.393. The van der Waals surface area contributed by atoms with Crippen molar-refractivity contribution >= 4 is 23.4 Å². The van der Waals surface area contributed by atoms with E-state index in [4.69, 9.17) is 4.74 Å². The first-order valence-electron chi connectivity index (χ1n) is 8.60. The smallest absolute Gasteiger partial charge is 0.280 e. The number of amides is 3. The van der Waals surface area contributed by atoms with Gasteiger partial charge in [-0.3, -0.25) is 34.9 Å². The number of benzene rings is 2. The Labute approximate surface area is 168 Å². The molecule has 0 aliphatic carbocycles. The molecule has 10 nitrogen and oxygen atoms in total. The number of rotatable bonds is 5. The van der Waals surface area contributed by atoms with Crippen molar-refractivity contribution in [1.82, 2.24) is 15.4 Å². The monoisotopic (exact) mass is 404 g/mol. The van der Waals surface area contributed by atoms with E-state index in [1.807, 2.05) is 0 Å². The van der Waals surface area contributed by atoms with Crippen molar-refractivity contribution in [3.63, 3.8) is 0 Å². The third kappa shape index (κ3) is 3.44. The highest BCUT2D eigenvalue weighted by Crippen LogP contribution is 2.29. The normalized spacial score (nSPS) is 12.5. The number of hydrogen-bond acceptors (Lipinski definition) is 7. The Morgan fingerprint density at radius 3 is 2.37 bits per heavy atom. The van der Waals surface area contributed by atoms with E-state index < -0.39 is 22.6 Å². The van der Waals surface area contributed by atoms with Crippen LogP contribution in [-0.2, 0) is 0 Å². The summed E-state index contributed by atoms with van der Waals surface area (Å²) < 4.78 is 5.61. The number of nitro benzene ring substituents is 1. The van der Waals surface area contributed by atoms with Crippen LogP contribution in [0.4, 0.5) is 5.69 Å². The van der Waals surface area contributed by atoms with E-state index in [9.17, 15) is 24.5 Å². The molecular weight excluding hydrogens is 392 g/mol. The average Bonchev–Trinajstić information content (AvgIpc) is 2.99. The van der Waals surface area contributed by atoms with Crippen LogP contribution in [0.15, 0.2) is 67.0 Å². The summed E-state index contributed by atoms with van der Waals surface area (Å²) in [6.07, 6.45) is 2.80. The highest BCUT2D eigenvalue weighted by molar-refractivity contribution is 6.22. The molecule has 10 heteroatoms. The Kier molecular flexibility index (Phi) is 4.64. The summed E-state index contributed by atoms with van der Waals surface area (Å²) >= 11 is 0. The van der Waals surface area contributed by atoms with Gasteiger partial charge in [0.05, 0.1) is 21.6 Å². The number of nitrogens with one attached hydrogen (secondary N) is 1. The van der Waals surface area contributed by atoms with Gasteiger partial charge in [-0.2, -0.15) is 5.01 Å². The summed E-state index contributed by atoms with van der Waals surface area (Å²) in [4.78, 5) is 51.4. The van der Waals surface area contributed by atoms with Gasteiger partial charge in [-0.1, -0.05) is 0 Å². The lowest BCUT2D eigenvalue weighted by atomic mass is 10.1. The van der Waals surface area contributed by atoms with E-state index in [2.05, 4.69) is 10.4 Å². The number of carbonyl (C=O) groups is 3. The molecule has 0 saturated carbocycles. The fourth-order valence-electron chi connectivity index (χ4n) is 2.82. The van der Waals surface area contributed by atoms with Crippen molar-refractivity contribution in [3.8, 4) is 11.5 Å². The Bertz CT molecular complexity index is 1180. The van der Waals surface area contributed by atoms with Crippen molar-refractivity contribution in [3.05, 3.63) is 93.8 Å². The van der Waals surface area contributed by atoms with Crippen molar-refractivity contribution in [2.45, 2.75) is 0 Å². The molecule has 2 heterocycles. The average molecular weight is 404 g/mol. The molecular formula is C20H12N4O6. The zero-order chi connectivity index (χ0) is 21.3. The van der Waals surface area contributed by atoms with Crippen LogP contribution in [0.3, 0.4) is 0 Å². The van der Waals surface area contributed by atoms with Crippen LogP contribution in [0.2, 0.25) is 0 Å². The molecule has 0 unspecified atom stereocenters. The van der Waals surface area contributed by atoms with Gasteiger partial charge < -0.3 is 4.74 Å². The summed E-state index contributed by atoms with van der Waals surface area (Å²) in [5.74, 6) is -1.46. The summed E-state index contributed by atoms with van der Waals surface area (Å²) in [6.45, 7) is 0. The SMILES string of the molecule is O=C(NN1C(=O)c2ccc(Oc3ccc([N+](=O)[O-])cc3)cc2C1=O)c1cccnc1. The lowest BCUT2D eigenvalue weighted by Gasteiger charge is -2.14. The summed E-state index contributed by atoms with van der Waals surface area (Å²) in [6, 6.07) is 12.7. The number of aromatic nitrogens is 1. The number of pyridine rings is 1. The van der Waals surface area contributed by atoms with Crippen LogP contribution in [-0.4, -0.2) is 32.6 Å². The minimum Gasteiger partial charge on any atom is -0.457 e. The van der Waals surface area contributed by atoms with Crippen molar-refractivity contribution < 1.29 is 24.0 Å². The molecule has 0 fully saturated rings. The molecule has 1 aliphatic heterocycles. The second-order valence-corrected chi connectivity index (χ2v) is 6.19. The van der Waals surface area contributed by atoms with Crippen LogP contribution >= 0.6 is 0 Å². The van der Waals surface area contributed by atoms with E-state index in [0.29, 0.717) is 10.8 Å². The van der Waals surface area contributed by atoms with E-state index in [-0.39, 0.29) is 28.1 Å². The molecule has 0 bridgehead atoms. The van der Waals surface area contributed by atoms with Gasteiger partial charge in [0, 0.05) is 24.5 Å². The number of non-ortho nitro benzene ring substituents is 1. The molecule has 0 spiro atoms. The fourth-order valence-corrected chi connectivity index (χ4v) is 2.82. The van der Waals surface area contributed by atoms with E-state index in [1.165, 1.54) is 60.9 Å². The van der Waals surface area contributed by atoms with Gasteiger partial charge in [0.25, 0.3) is 23.4 Å². The highest BCUT2D eigenvalue weighted by atomic mass is 16.6. The molecule has 0 saturated heterocycles. The largest absolute Gasteiger partial charge is 0.457 e. The molecule has 4 rings (SSSR count). The Balaban J connectivity index is 1.53. The van der Waals surface area contributed by atoms with Gasteiger partial charge in [0.1, 0.15) is 11.5 Å². The number of nitrogens with zero attached hydrogens (tertiary/aromatic N) is 3. The second kappa shape index (κ2) is 7.43. The molecule has 30 heavy (non-hydrogen) atoms. The lowest BCUT2D eigenvalue weighted by Crippen LogP contribution is -2.45. The van der Waals surface area contributed by atoms with Gasteiger partial charge in [-0.25, -0.2) is 0 Å². The number of carbonyl (C=O) groups excluding carboxylic acids is 3. The topological polar surface area (TPSA) is 132 Å². The zero-order valence-corrected chi connectivity index (χ0v) is 15.1. The maximum atomic E-state index is 12.6. The van der Waals surface area contributed by atoms with Crippen LogP contribution < -0.4 is 10.2 Å². The van der Waals surface area contributed by atoms with Crippen LogP contribution in [0.25, 0.3) is 0 Å². The van der Waals surface area contributed by atoms with Gasteiger partial charge in [-0.05, 0) is 42.5 Å². The molecule has 148 valence electrons. The second-order valence-electron chi connectivity index (χ2n) is 6.19. The van der Waals surface area contributed by atoms with Gasteiger partial charge >= 0.3 is 0 Å². The molecule has 3 amide bonds. The Morgan fingerprint density at radius 1 is 1.00 bits per heavy atom. The third-order valence-electron chi connectivity index (χ3n) is 4.28. The van der Waals surface area contributed by atoms with Gasteiger partial charge in [0.2, 0.25) is 0 Å². The minimum absolute atomic E-state index is 0.0610. The number of imide groups is 1. The first-order chi connectivity index (χ1) is 14.4. The molecule has 2 aromatic carbocycles.